The molecule has 7 nitrogen and oxygen atoms in total. The normalized spacial score (nSPS) is 16.8. The highest BCUT2D eigenvalue weighted by Gasteiger charge is 2.47. The van der Waals surface area contributed by atoms with Gasteiger partial charge >= 0.3 is 17.9 Å². The number of carbonyl (C=O) groups is 3. The molecule has 0 aromatic rings. The van der Waals surface area contributed by atoms with Crippen LogP contribution in [0.2, 0.25) is 0 Å². The second-order valence-corrected chi connectivity index (χ2v) is 12.5. The Morgan fingerprint density at radius 1 is 0.568 bits per heavy atom. The molecule has 0 fully saturated rings. The molecular formula is C30H56O7. The molecule has 0 saturated carbocycles. The van der Waals surface area contributed by atoms with Crippen molar-refractivity contribution in [1.29, 1.82) is 0 Å². The average molecular weight is 529 g/mol. The molecule has 0 aromatic carbocycles. The van der Waals surface area contributed by atoms with E-state index in [9.17, 15) is 19.5 Å². The SMILES string of the molecule is CCC(OC(=O)CC(O)(CC(=O)OC(CC)C(C)(C)CC)C(=O)OC(CC)C(C)(C)CC)C(C)(C)CC. The van der Waals surface area contributed by atoms with Gasteiger partial charge in [-0.25, -0.2) is 4.79 Å². The maximum absolute atomic E-state index is 13.4. The Hall–Kier alpha value is -1.63. The Bertz CT molecular complexity index is 698. The van der Waals surface area contributed by atoms with Crippen LogP contribution < -0.4 is 0 Å². The molecule has 3 atom stereocenters. The van der Waals surface area contributed by atoms with E-state index in [4.69, 9.17) is 14.2 Å². The van der Waals surface area contributed by atoms with Gasteiger partial charge in [0, 0.05) is 16.2 Å². The minimum absolute atomic E-state index is 0.277. The quantitative estimate of drug-likeness (QED) is 0.164. The first kappa shape index (κ1) is 35.4. The van der Waals surface area contributed by atoms with Crippen LogP contribution in [0.3, 0.4) is 0 Å². The number of hydrogen-bond donors (Lipinski definition) is 1. The molecule has 0 saturated heterocycles. The number of ether oxygens (including phenoxy) is 3. The van der Waals surface area contributed by atoms with Crippen LogP contribution in [0.1, 0.15) is 134 Å². The third-order valence-corrected chi connectivity index (χ3v) is 8.51. The van der Waals surface area contributed by atoms with Gasteiger partial charge in [-0.3, -0.25) is 9.59 Å². The fourth-order valence-corrected chi connectivity index (χ4v) is 4.39. The van der Waals surface area contributed by atoms with Gasteiger partial charge in [0.15, 0.2) is 5.60 Å². The molecule has 0 rings (SSSR count). The minimum atomic E-state index is -2.39. The van der Waals surface area contributed by atoms with Crippen molar-refractivity contribution in [2.75, 3.05) is 0 Å². The molecule has 0 aliphatic heterocycles. The number of carbonyl (C=O) groups excluding carboxylic acids is 3. The number of aliphatic hydroxyl groups is 1. The molecule has 1 N–H and O–H groups in total. The molecule has 7 heteroatoms. The number of rotatable bonds is 17. The van der Waals surface area contributed by atoms with E-state index in [2.05, 4.69) is 0 Å². The van der Waals surface area contributed by atoms with Crippen molar-refractivity contribution in [3.05, 3.63) is 0 Å². The second kappa shape index (κ2) is 14.5. The lowest BCUT2D eigenvalue weighted by atomic mass is 9.82. The highest BCUT2D eigenvalue weighted by molar-refractivity contribution is 5.90. The first-order valence-electron chi connectivity index (χ1n) is 14.2. The zero-order chi connectivity index (χ0) is 29.2. The third-order valence-electron chi connectivity index (χ3n) is 8.51. The zero-order valence-corrected chi connectivity index (χ0v) is 25.8. The molecule has 0 aliphatic carbocycles. The summed E-state index contributed by atoms with van der Waals surface area (Å²) in [5.41, 5.74) is -3.29. The molecule has 0 aromatic heterocycles. The first-order chi connectivity index (χ1) is 16.9. The van der Waals surface area contributed by atoms with Gasteiger partial charge in [-0.15, -0.1) is 0 Å². The van der Waals surface area contributed by atoms with Crippen molar-refractivity contribution in [1.82, 2.24) is 0 Å². The van der Waals surface area contributed by atoms with Crippen LogP contribution in [-0.4, -0.2) is 46.9 Å². The summed E-state index contributed by atoms with van der Waals surface area (Å²) in [5, 5.41) is 11.5. The molecule has 37 heavy (non-hydrogen) atoms. The summed E-state index contributed by atoms with van der Waals surface area (Å²) in [5.74, 6) is -2.49. The average Bonchev–Trinajstić information content (AvgIpc) is 2.83. The monoisotopic (exact) mass is 528 g/mol. The van der Waals surface area contributed by atoms with Crippen molar-refractivity contribution in [2.24, 2.45) is 16.2 Å². The van der Waals surface area contributed by atoms with E-state index in [0.29, 0.717) is 19.3 Å². The van der Waals surface area contributed by atoms with Gasteiger partial charge in [-0.1, -0.05) is 83.1 Å². The fourth-order valence-electron chi connectivity index (χ4n) is 4.39. The van der Waals surface area contributed by atoms with E-state index in [-0.39, 0.29) is 16.2 Å². The van der Waals surface area contributed by atoms with Crippen molar-refractivity contribution in [3.8, 4) is 0 Å². The van der Waals surface area contributed by atoms with Gasteiger partial charge in [0.25, 0.3) is 0 Å². The maximum Gasteiger partial charge on any atom is 0.339 e. The molecule has 3 unspecified atom stereocenters. The lowest BCUT2D eigenvalue weighted by Gasteiger charge is -2.36. The van der Waals surface area contributed by atoms with E-state index in [1.807, 2.05) is 83.1 Å². The topological polar surface area (TPSA) is 99.1 Å². The molecule has 0 aliphatic rings. The minimum Gasteiger partial charge on any atom is -0.462 e. The molecule has 0 amide bonds. The van der Waals surface area contributed by atoms with Gasteiger partial charge in [0.2, 0.25) is 0 Å². The Morgan fingerprint density at radius 3 is 1.08 bits per heavy atom. The zero-order valence-electron chi connectivity index (χ0n) is 25.8. The first-order valence-corrected chi connectivity index (χ1v) is 14.2. The summed E-state index contributed by atoms with van der Waals surface area (Å²) < 4.78 is 17.2. The van der Waals surface area contributed by atoms with E-state index in [0.717, 1.165) is 19.3 Å². The molecule has 0 heterocycles. The van der Waals surface area contributed by atoms with Crippen LogP contribution in [0.15, 0.2) is 0 Å². The lowest BCUT2D eigenvalue weighted by Crippen LogP contribution is -2.49. The van der Waals surface area contributed by atoms with Gasteiger partial charge in [0.05, 0.1) is 12.8 Å². The maximum atomic E-state index is 13.4. The smallest absolute Gasteiger partial charge is 0.339 e. The fraction of sp³-hybridized carbons (Fsp3) is 0.900. The Morgan fingerprint density at radius 2 is 0.838 bits per heavy atom. The van der Waals surface area contributed by atoms with Crippen molar-refractivity contribution < 1.29 is 33.7 Å². The van der Waals surface area contributed by atoms with Crippen LogP contribution in [-0.2, 0) is 28.6 Å². The van der Waals surface area contributed by atoms with Crippen molar-refractivity contribution in [3.63, 3.8) is 0 Å². The van der Waals surface area contributed by atoms with Crippen LogP contribution in [0.25, 0.3) is 0 Å². The summed E-state index contributed by atoms with van der Waals surface area (Å²) in [7, 11) is 0. The van der Waals surface area contributed by atoms with Crippen LogP contribution in [0.5, 0.6) is 0 Å². The Kier molecular flexibility index (Phi) is 13.9. The van der Waals surface area contributed by atoms with E-state index in [1.165, 1.54) is 0 Å². The molecule has 0 spiro atoms. The molecule has 0 bridgehead atoms. The highest BCUT2D eigenvalue weighted by atomic mass is 16.6. The van der Waals surface area contributed by atoms with E-state index < -0.39 is 54.7 Å². The summed E-state index contributed by atoms with van der Waals surface area (Å²) in [6, 6.07) is 0. The summed E-state index contributed by atoms with van der Waals surface area (Å²) in [4.78, 5) is 39.5. The molecule has 218 valence electrons. The Labute approximate surface area is 226 Å². The summed E-state index contributed by atoms with van der Waals surface area (Å²) in [6.45, 7) is 23.8. The number of hydrogen-bond acceptors (Lipinski definition) is 7. The van der Waals surface area contributed by atoms with E-state index in [1.54, 1.807) is 0 Å². The predicted octanol–water partition coefficient (Wildman–Crippen LogP) is 6.77. The standard InChI is InChI=1S/C30H56O7/c1-13-21(27(7,8)16-4)35-24(31)19-30(34,26(33)37-23(15-3)29(11,12)18-6)20-25(32)36-22(14-2)28(9,10)17-5/h21-23,34H,13-20H2,1-12H3. The van der Waals surface area contributed by atoms with Gasteiger partial charge in [-0.2, -0.15) is 0 Å². The predicted molar refractivity (Wildman–Crippen MR) is 147 cm³/mol. The second-order valence-electron chi connectivity index (χ2n) is 12.5. The van der Waals surface area contributed by atoms with Gasteiger partial charge in [0.1, 0.15) is 18.3 Å². The largest absolute Gasteiger partial charge is 0.462 e. The van der Waals surface area contributed by atoms with Crippen molar-refractivity contribution in [2.45, 2.75) is 158 Å². The summed E-state index contributed by atoms with van der Waals surface area (Å²) >= 11 is 0. The van der Waals surface area contributed by atoms with Gasteiger partial charge in [-0.05, 0) is 38.5 Å². The third kappa shape index (κ3) is 10.2. The van der Waals surface area contributed by atoms with Gasteiger partial charge < -0.3 is 19.3 Å². The Balaban J connectivity index is 6.05. The highest BCUT2D eigenvalue weighted by Crippen LogP contribution is 2.34. The van der Waals surface area contributed by atoms with Crippen LogP contribution in [0.4, 0.5) is 0 Å². The summed E-state index contributed by atoms with van der Waals surface area (Å²) in [6.07, 6.45) is 1.37. The molecular weight excluding hydrogens is 472 g/mol. The molecule has 0 radical (unpaired) electrons. The van der Waals surface area contributed by atoms with Crippen molar-refractivity contribution >= 4 is 17.9 Å². The van der Waals surface area contributed by atoms with Crippen LogP contribution >= 0.6 is 0 Å². The van der Waals surface area contributed by atoms with E-state index >= 15 is 0 Å². The number of esters is 3. The van der Waals surface area contributed by atoms with Crippen LogP contribution in [0, 0.1) is 16.2 Å². The lowest BCUT2D eigenvalue weighted by molar-refractivity contribution is -0.190.